The van der Waals surface area contributed by atoms with Crippen molar-refractivity contribution >= 4 is 29.1 Å². The number of hydrogen-bond acceptors (Lipinski definition) is 3. The monoisotopic (exact) mass is 458 g/mol. The second-order valence-corrected chi connectivity index (χ2v) is 7.50. The van der Waals surface area contributed by atoms with Gasteiger partial charge in [-0.15, -0.1) is 0 Å². The topological polar surface area (TPSA) is 58.6 Å². The first-order valence-electron chi connectivity index (χ1n) is 9.32. The van der Waals surface area contributed by atoms with Gasteiger partial charge in [-0.05, 0) is 41.3 Å². The molecule has 3 rings (SSSR count). The number of ether oxygens (including phenoxy) is 1. The highest BCUT2D eigenvalue weighted by atomic mass is 35.5. The average Bonchev–Trinajstić information content (AvgIpc) is 2.69. The van der Waals surface area contributed by atoms with Crippen molar-refractivity contribution in [2.45, 2.75) is 25.6 Å². The second kappa shape index (κ2) is 9.23. The van der Waals surface area contributed by atoms with E-state index in [0.29, 0.717) is 42.4 Å². The molecule has 1 aliphatic rings. The second-order valence-electron chi connectivity index (χ2n) is 7.10. The Labute approximate surface area is 180 Å². The number of nitrogens with zero attached hydrogens (tertiary/aromatic N) is 1. The van der Waals surface area contributed by atoms with E-state index in [1.54, 1.807) is 17.0 Å². The summed E-state index contributed by atoms with van der Waals surface area (Å²) in [4.78, 5) is 26.2. The molecule has 2 aromatic rings. The van der Waals surface area contributed by atoms with Crippen LogP contribution in [0.25, 0.3) is 0 Å². The number of nitrogens with one attached hydrogen (secondary N) is 1. The van der Waals surface area contributed by atoms with Crippen LogP contribution in [0.15, 0.2) is 30.3 Å². The number of fused-ring (bicyclic) bond motifs is 1. The molecule has 1 N–H and O–H groups in total. The lowest BCUT2D eigenvalue weighted by atomic mass is 9.97. The highest BCUT2D eigenvalue weighted by Crippen LogP contribution is 2.34. The summed E-state index contributed by atoms with van der Waals surface area (Å²) in [5.41, 5.74) is 0.692. The van der Waals surface area contributed by atoms with Crippen LogP contribution in [-0.4, -0.2) is 37.0 Å². The lowest BCUT2D eigenvalue weighted by Gasteiger charge is -2.30. The van der Waals surface area contributed by atoms with Gasteiger partial charge in [0.05, 0.1) is 22.7 Å². The lowest BCUT2D eigenvalue weighted by molar-refractivity contribution is -0.140. The van der Waals surface area contributed by atoms with Gasteiger partial charge in [-0.3, -0.25) is 9.59 Å². The van der Waals surface area contributed by atoms with Crippen molar-refractivity contribution in [2.24, 2.45) is 0 Å². The number of rotatable bonds is 5. The first-order chi connectivity index (χ1) is 14.6. The van der Waals surface area contributed by atoms with Gasteiger partial charge < -0.3 is 15.0 Å². The Balaban J connectivity index is 1.75. The number of hydrogen-bond donors (Lipinski definition) is 1. The Morgan fingerprint density at radius 2 is 1.97 bits per heavy atom. The summed E-state index contributed by atoms with van der Waals surface area (Å²) >= 11 is 6.25. The van der Waals surface area contributed by atoms with Crippen LogP contribution in [-0.2, 0) is 39.9 Å². The van der Waals surface area contributed by atoms with Crippen molar-refractivity contribution in [3.63, 3.8) is 0 Å². The van der Waals surface area contributed by atoms with E-state index in [4.69, 9.17) is 16.3 Å². The van der Waals surface area contributed by atoms with Crippen LogP contribution in [0.3, 0.4) is 0 Å². The molecule has 2 aromatic carbocycles. The molecular formula is C21H19ClF4N2O3. The van der Waals surface area contributed by atoms with Crippen molar-refractivity contribution in [3.8, 4) is 0 Å². The molecular weight excluding hydrogens is 440 g/mol. The van der Waals surface area contributed by atoms with Crippen molar-refractivity contribution in [2.75, 3.05) is 25.6 Å². The first kappa shape index (κ1) is 23.0. The van der Waals surface area contributed by atoms with Crippen LogP contribution in [0, 0.1) is 5.82 Å². The molecule has 0 bridgehead atoms. The summed E-state index contributed by atoms with van der Waals surface area (Å²) in [7, 11) is 1.44. The van der Waals surface area contributed by atoms with Crippen LogP contribution in [0.5, 0.6) is 0 Å². The number of methoxy groups -OCH3 is 1. The van der Waals surface area contributed by atoms with Crippen LogP contribution >= 0.6 is 11.6 Å². The third kappa shape index (κ3) is 5.34. The van der Waals surface area contributed by atoms with E-state index in [9.17, 15) is 27.2 Å². The van der Waals surface area contributed by atoms with Crippen molar-refractivity contribution in [3.05, 3.63) is 63.4 Å². The van der Waals surface area contributed by atoms with Crippen molar-refractivity contribution in [1.82, 2.24) is 4.90 Å². The fourth-order valence-corrected chi connectivity index (χ4v) is 3.68. The molecule has 166 valence electrons. The Hall–Kier alpha value is -2.65. The summed E-state index contributed by atoms with van der Waals surface area (Å²) in [5, 5.41) is 2.97. The maximum absolute atomic E-state index is 13.8. The molecule has 0 saturated carbocycles. The molecule has 1 aliphatic heterocycles. The minimum absolute atomic E-state index is 0.0315. The van der Waals surface area contributed by atoms with Gasteiger partial charge in [0.25, 0.3) is 0 Å². The zero-order chi connectivity index (χ0) is 22.8. The summed E-state index contributed by atoms with van der Waals surface area (Å²) in [5.74, 6) is -2.14. The third-order valence-electron chi connectivity index (χ3n) is 4.94. The highest BCUT2D eigenvalue weighted by Gasteiger charge is 2.34. The molecule has 0 spiro atoms. The van der Waals surface area contributed by atoms with E-state index < -0.39 is 23.5 Å². The maximum atomic E-state index is 13.8. The quantitative estimate of drug-likeness (QED) is 0.683. The summed E-state index contributed by atoms with van der Waals surface area (Å²) in [6.07, 6.45) is -4.68. The molecule has 2 amide bonds. The molecule has 0 fully saturated rings. The number of benzene rings is 2. The van der Waals surface area contributed by atoms with Crippen LogP contribution in [0.4, 0.5) is 23.2 Å². The predicted molar refractivity (Wildman–Crippen MR) is 106 cm³/mol. The zero-order valence-corrected chi connectivity index (χ0v) is 17.2. The molecule has 5 nitrogen and oxygen atoms in total. The van der Waals surface area contributed by atoms with Crippen molar-refractivity contribution in [1.29, 1.82) is 0 Å². The Kier molecular flexibility index (Phi) is 6.86. The van der Waals surface area contributed by atoms with Gasteiger partial charge in [0.1, 0.15) is 12.4 Å². The maximum Gasteiger partial charge on any atom is 0.419 e. The lowest BCUT2D eigenvalue weighted by Crippen LogP contribution is -2.38. The normalized spacial score (nSPS) is 13.7. The zero-order valence-electron chi connectivity index (χ0n) is 16.5. The first-order valence-corrected chi connectivity index (χ1v) is 9.70. The number of halogens is 5. The fraction of sp³-hybridized carbons (Fsp3) is 0.333. The van der Waals surface area contributed by atoms with Crippen LogP contribution in [0.1, 0.15) is 22.3 Å². The number of carbonyl (C=O) groups excluding carboxylic acids is 2. The number of amides is 2. The molecule has 0 aliphatic carbocycles. The van der Waals surface area contributed by atoms with Crippen molar-refractivity contribution < 1.29 is 31.9 Å². The molecule has 10 heteroatoms. The SMILES string of the molecule is COCC(=O)N1CCc2c(ccc(Cl)c2NC(=O)Cc2ccc(C(F)(F)F)c(F)c2)C1. The average molecular weight is 459 g/mol. The smallest absolute Gasteiger partial charge is 0.375 e. The predicted octanol–water partition coefficient (Wildman–Crippen LogP) is 4.21. The number of carbonyl (C=O) groups is 2. The van der Waals surface area contributed by atoms with Gasteiger partial charge in [0, 0.05) is 20.2 Å². The largest absolute Gasteiger partial charge is 0.419 e. The molecule has 0 atom stereocenters. The van der Waals surface area contributed by atoms with Gasteiger partial charge in [-0.25, -0.2) is 4.39 Å². The van der Waals surface area contributed by atoms with Gasteiger partial charge in [-0.1, -0.05) is 23.7 Å². The molecule has 31 heavy (non-hydrogen) atoms. The molecule has 0 unspecified atom stereocenters. The minimum atomic E-state index is -4.81. The van der Waals surface area contributed by atoms with E-state index >= 15 is 0 Å². The minimum Gasteiger partial charge on any atom is -0.375 e. The number of anilines is 1. The summed E-state index contributed by atoms with van der Waals surface area (Å²) < 4.78 is 56.7. The van der Waals surface area contributed by atoms with E-state index in [-0.39, 0.29) is 24.5 Å². The molecule has 0 radical (unpaired) electrons. The summed E-state index contributed by atoms with van der Waals surface area (Å²) in [6, 6.07) is 5.74. The highest BCUT2D eigenvalue weighted by molar-refractivity contribution is 6.34. The molecule has 0 aromatic heterocycles. The van der Waals surface area contributed by atoms with E-state index in [1.165, 1.54) is 7.11 Å². The Bertz CT molecular complexity index is 1010. The fourth-order valence-electron chi connectivity index (χ4n) is 3.46. The van der Waals surface area contributed by atoms with E-state index in [1.807, 2.05) is 0 Å². The standard InChI is InChI=1S/C21H19ClF4N2O3/c1-31-11-19(30)28-7-6-14-13(10-28)3-5-16(22)20(14)27-18(29)9-12-2-4-15(17(23)8-12)21(24,25)26/h2-5,8H,6-7,9-11H2,1H3,(H,27,29). The molecule has 1 heterocycles. The van der Waals surface area contributed by atoms with Crippen LogP contribution in [0.2, 0.25) is 5.02 Å². The van der Waals surface area contributed by atoms with Gasteiger partial charge >= 0.3 is 6.18 Å². The van der Waals surface area contributed by atoms with Crippen LogP contribution < -0.4 is 5.32 Å². The third-order valence-corrected chi connectivity index (χ3v) is 5.26. The van der Waals surface area contributed by atoms with Gasteiger partial charge in [0.15, 0.2) is 0 Å². The summed E-state index contributed by atoms with van der Waals surface area (Å²) in [6.45, 7) is 0.723. The Morgan fingerprint density at radius 1 is 1.23 bits per heavy atom. The Morgan fingerprint density at radius 3 is 2.61 bits per heavy atom. The van der Waals surface area contributed by atoms with Gasteiger partial charge in [-0.2, -0.15) is 13.2 Å². The van der Waals surface area contributed by atoms with Gasteiger partial charge in [0.2, 0.25) is 11.8 Å². The number of alkyl halides is 3. The van der Waals surface area contributed by atoms with E-state index in [2.05, 4.69) is 5.32 Å². The molecule has 0 saturated heterocycles. The van der Waals surface area contributed by atoms with E-state index in [0.717, 1.165) is 17.2 Å².